The van der Waals surface area contributed by atoms with Gasteiger partial charge in [0.25, 0.3) is 0 Å². The molecular weight excluding hydrogens is 292 g/mol. The molecule has 0 aliphatic carbocycles. The molecule has 1 fully saturated rings. The summed E-state index contributed by atoms with van der Waals surface area (Å²) in [6.07, 6.45) is 2.72. The molecule has 6 nitrogen and oxygen atoms in total. The van der Waals surface area contributed by atoms with Gasteiger partial charge in [0.1, 0.15) is 5.82 Å². The van der Waals surface area contributed by atoms with Crippen LogP contribution in [0.25, 0.3) is 0 Å². The van der Waals surface area contributed by atoms with E-state index in [9.17, 15) is 4.79 Å². The van der Waals surface area contributed by atoms with Crippen LogP contribution in [0.2, 0.25) is 5.02 Å². The largest absolute Gasteiger partial charge is 0.393 e. The molecular formula is C14H21ClN4O2. The highest BCUT2D eigenvalue weighted by Crippen LogP contribution is 2.25. The molecule has 1 aromatic rings. The Kier molecular flexibility index (Phi) is 5.64. The fraction of sp³-hybridized carbons (Fsp3) is 0.571. The summed E-state index contributed by atoms with van der Waals surface area (Å²) in [6.45, 7) is 3.67. The van der Waals surface area contributed by atoms with Crippen LogP contribution in [-0.4, -0.2) is 47.9 Å². The summed E-state index contributed by atoms with van der Waals surface area (Å²) in [4.78, 5) is 18.1. The molecule has 116 valence electrons. The predicted molar refractivity (Wildman–Crippen MR) is 82.7 cm³/mol. The van der Waals surface area contributed by atoms with Crippen LogP contribution in [0.4, 0.5) is 10.6 Å². The van der Waals surface area contributed by atoms with Gasteiger partial charge in [-0.1, -0.05) is 11.6 Å². The third kappa shape index (κ3) is 4.75. The van der Waals surface area contributed by atoms with E-state index in [-0.39, 0.29) is 12.1 Å². The van der Waals surface area contributed by atoms with Crippen LogP contribution in [-0.2, 0) is 0 Å². The molecule has 0 radical (unpaired) electrons. The van der Waals surface area contributed by atoms with Gasteiger partial charge in [0.2, 0.25) is 0 Å². The number of aromatic nitrogens is 1. The summed E-state index contributed by atoms with van der Waals surface area (Å²) in [5.74, 6) is 0.762. The van der Waals surface area contributed by atoms with Gasteiger partial charge in [-0.15, -0.1) is 0 Å². The van der Waals surface area contributed by atoms with Crippen molar-refractivity contribution in [3.05, 3.63) is 23.4 Å². The van der Waals surface area contributed by atoms with Crippen LogP contribution in [0.15, 0.2) is 18.3 Å². The lowest BCUT2D eigenvalue weighted by Crippen LogP contribution is -2.44. The highest BCUT2D eigenvalue weighted by atomic mass is 35.5. The van der Waals surface area contributed by atoms with Crippen molar-refractivity contribution in [3.8, 4) is 0 Å². The number of aliphatic hydroxyl groups is 1. The zero-order valence-corrected chi connectivity index (χ0v) is 12.8. The SMILES string of the molecule is CC(O)CCNC(=O)NC1CCN(c2ncccc2Cl)C1. The fourth-order valence-corrected chi connectivity index (χ4v) is 2.55. The summed E-state index contributed by atoms with van der Waals surface area (Å²) in [5, 5.41) is 15.4. The molecule has 0 saturated carbocycles. The van der Waals surface area contributed by atoms with Gasteiger partial charge in [0.15, 0.2) is 0 Å². The molecule has 3 N–H and O–H groups in total. The minimum atomic E-state index is -0.404. The fourth-order valence-electron chi connectivity index (χ4n) is 2.31. The summed E-state index contributed by atoms with van der Waals surface area (Å²) in [7, 11) is 0. The van der Waals surface area contributed by atoms with E-state index in [0.29, 0.717) is 24.5 Å². The number of hydrogen-bond donors (Lipinski definition) is 3. The summed E-state index contributed by atoms with van der Waals surface area (Å²) >= 11 is 6.13. The van der Waals surface area contributed by atoms with E-state index in [1.54, 1.807) is 19.2 Å². The van der Waals surface area contributed by atoms with E-state index in [2.05, 4.69) is 20.5 Å². The third-order valence-corrected chi connectivity index (χ3v) is 3.70. The highest BCUT2D eigenvalue weighted by molar-refractivity contribution is 6.32. The second-order valence-electron chi connectivity index (χ2n) is 5.28. The first-order valence-corrected chi connectivity index (χ1v) is 7.52. The lowest BCUT2D eigenvalue weighted by atomic mass is 10.2. The molecule has 1 saturated heterocycles. The van der Waals surface area contributed by atoms with Crippen LogP contribution >= 0.6 is 11.6 Å². The van der Waals surface area contributed by atoms with Crippen molar-refractivity contribution >= 4 is 23.4 Å². The van der Waals surface area contributed by atoms with Crippen molar-refractivity contribution in [2.75, 3.05) is 24.5 Å². The molecule has 0 bridgehead atoms. The zero-order valence-electron chi connectivity index (χ0n) is 12.1. The molecule has 1 aliphatic heterocycles. The molecule has 1 aromatic heterocycles. The monoisotopic (exact) mass is 312 g/mol. The maximum atomic E-state index is 11.7. The van der Waals surface area contributed by atoms with Crippen LogP contribution in [0.1, 0.15) is 19.8 Å². The average Bonchev–Trinajstić information content (AvgIpc) is 2.87. The predicted octanol–water partition coefficient (Wildman–Crippen LogP) is 1.38. The smallest absolute Gasteiger partial charge is 0.315 e. The van der Waals surface area contributed by atoms with Gasteiger partial charge in [0, 0.05) is 31.9 Å². The van der Waals surface area contributed by atoms with Gasteiger partial charge in [-0.05, 0) is 31.9 Å². The third-order valence-electron chi connectivity index (χ3n) is 3.41. The number of nitrogens with one attached hydrogen (secondary N) is 2. The van der Waals surface area contributed by atoms with Crippen molar-refractivity contribution in [2.24, 2.45) is 0 Å². The number of carbonyl (C=O) groups is 1. The Morgan fingerprint density at radius 1 is 1.67 bits per heavy atom. The van der Waals surface area contributed by atoms with E-state index >= 15 is 0 Å². The maximum absolute atomic E-state index is 11.7. The molecule has 7 heteroatoms. The van der Waals surface area contributed by atoms with Gasteiger partial charge in [-0.3, -0.25) is 0 Å². The number of aliphatic hydroxyl groups excluding tert-OH is 1. The van der Waals surface area contributed by atoms with Gasteiger partial charge in [-0.25, -0.2) is 9.78 Å². The lowest BCUT2D eigenvalue weighted by Gasteiger charge is -2.19. The van der Waals surface area contributed by atoms with Crippen molar-refractivity contribution in [1.29, 1.82) is 0 Å². The molecule has 1 aliphatic rings. The van der Waals surface area contributed by atoms with E-state index in [1.807, 2.05) is 6.07 Å². The molecule has 2 amide bonds. The van der Waals surface area contributed by atoms with E-state index in [0.717, 1.165) is 18.8 Å². The van der Waals surface area contributed by atoms with Crippen LogP contribution < -0.4 is 15.5 Å². The van der Waals surface area contributed by atoms with Crippen LogP contribution in [0.3, 0.4) is 0 Å². The number of anilines is 1. The number of rotatable bonds is 5. The Morgan fingerprint density at radius 3 is 3.19 bits per heavy atom. The Morgan fingerprint density at radius 2 is 2.48 bits per heavy atom. The van der Waals surface area contributed by atoms with Crippen molar-refractivity contribution in [2.45, 2.75) is 31.9 Å². The molecule has 2 unspecified atom stereocenters. The van der Waals surface area contributed by atoms with Gasteiger partial charge in [0.05, 0.1) is 11.1 Å². The number of pyridine rings is 1. The van der Waals surface area contributed by atoms with Gasteiger partial charge in [-0.2, -0.15) is 0 Å². The average molecular weight is 313 g/mol. The number of hydrogen-bond acceptors (Lipinski definition) is 4. The summed E-state index contributed by atoms with van der Waals surface area (Å²) < 4.78 is 0. The number of nitrogens with zero attached hydrogens (tertiary/aromatic N) is 2. The molecule has 2 atom stereocenters. The Balaban J connectivity index is 1.78. The standard InChI is InChI=1S/C14H21ClN4O2/c1-10(20)4-7-17-14(21)18-11-5-8-19(9-11)13-12(15)3-2-6-16-13/h2-3,6,10-11,20H,4-5,7-9H2,1H3,(H2,17,18,21). The topological polar surface area (TPSA) is 77.5 Å². The van der Waals surface area contributed by atoms with Crippen LogP contribution in [0, 0.1) is 0 Å². The second kappa shape index (κ2) is 7.47. The Bertz CT molecular complexity index is 484. The Labute approximate surface area is 129 Å². The van der Waals surface area contributed by atoms with Gasteiger partial charge < -0.3 is 20.6 Å². The maximum Gasteiger partial charge on any atom is 0.315 e. The first kappa shape index (κ1) is 15.9. The highest BCUT2D eigenvalue weighted by Gasteiger charge is 2.25. The molecule has 2 rings (SSSR count). The first-order chi connectivity index (χ1) is 10.1. The number of urea groups is 1. The normalized spacial score (nSPS) is 19.4. The first-order valence-electron chi connectivity index (χ1n) is 7.14. The molecule has 0 spiro atoms. The lowest BCUT2D eigenvalue weighted by molar-refractivity contribution is 0.183. The summed E-state index contributed by atoms with van der Waals surface area (Å²) in [6, 6.07) is 3.49. The van der Waals surface area contributed by atoms with E-state index in [1.165, 1.54) is 0 Å². The second-order valence-corrected chi connectivity index (χ2v) is 5.69. The van der Waals surface area contributed by atoms with E-state index < -0.39 is 6.10 Å². The minimum absolute atomic E-state index is 0.0784. The van der Waals surface area contributed by atoms with E-state index in [4.69, 9.17) is 16.7 Å². The molecule has 0 aromatic carbocycles. The Hall–Kier alpha value is -1.53. The molecule has 2 heterocycles. The minimum Gasteiger partial charge on any atom is -0.393 e. The zero-order chi connectivity index (χ0) is 15.2. The van der Waals surface area contributed by atoms with Crippen molar-refractivity contribution < 1.29 is 9.90 Å². The number of halogens is 1. The number of amides is 2. The van der Waals surface area contributed by atoms with Crippen molar-refractivity contribution in [3.63, 3.8) is 0 Å². The quantitative estimate of drug-likeness (QED) is 0.768. The van der Waals surface area contributed by atoms with Crippen molar-refractivity contribution in [1.82, 2.24) is 15.6 Å². The van der Waals surface area contributed by atoms with Crippen LogP contribution in [0.5, 0.6) is 0 Å². The summed E-state index contributed by atoms with van der Waals surface area (Å²) in [5.41, 5.74) is 0. The number of carbonyl (C=O) groups excluding carboxylic acids is 1. The molecule has 21 heavy (non-hydrogen) atoms. The van der Waals surface area contributed by atoms with Gasteiger partial charge >= 0.3 is 6.03 Å².